The Morgan fingerprint density at radius 3 is 2.32 bits per heavy atom. The molecule has 0 spiro atoms. The molecule has 0 saturated carbocycles. The van der Waals surface area contributed by atoms with Crippen LogP contribution in [0.2, 0.25) is 0 Å². The van der Waals surface area contributed by atoms with Crippen LogP contribution < -0.4 is 5.46 Å². The molecular formula is C23H26BNO3. The Kier molecular flexibility index (Phi) is 4.68. The van der Waals surface area contributed by atoms with Crippen molar-refractivity contribution in [3.8, 4) is 0 Å². The highest BCUT2D eigenvalue weighted by Gasteiger charge is 2.51. The number of hydrogen-bond acceptors (Lipinski definition) is 3. The van der Waals surface area contributed by atoms with E-state index < -0.39 is 0 Å². The summed E-state index contributed by atoms with van der Waals surface area (Å²) in [7, 11) is -0.377. The summed E-state index contributed by atoms with van der Waals surface area (Å²) in [5.41, 5.74) is 2.37. The van der Waals surface area contributed by atoms with E-state index in [1.54, 1.807) is 0 Å². The first-order valence-electron chi connectivity index (χ1n) is 9.75. The molecule has 4 rings (SSSR count). The number of hydrogen-bond donors (Lipinski definition) is 0. The zero-order valence-corrected chi connectivity index (χ0v) is 16.9. The fourth-order valence-corrected chi connectivity index (χ4v) is 3.55. The highest BCUT2D eigenvalue weighted by Crippen LogP contribution is 2.36. The Morgan fingerprint density at radius 2 is 1.64 bits per heavy atom. The lowest BCUT2D eigenvalue weighted by molar-refractivity contribution is -0.118. The molecule has 0 amide bonds. The number of benzene rings is 2. The third-order valence-corrected chi connectivity index (χ3v) is 5.91. The molecule has 0 aliphatic carbocycles. The first-order chi connectivity index (χ1) is 13.2. The number of carbonyl (C=O) groups excluding carboxylic acids is 1. The molecule has 1 aliphatic heterocycles. The molecule has 1 aromatic heterocycles. The maximum absolute atomic E-state index is 12.5. The maximum atomic E-state index is 12.5. The molecule has 0 bridgehead atoms. The second-order valence-corrected chi connectivity index (χ2v) is 8.55. The first kappa shape index (κ1) is 19.0. The van der Waals surface area contributed by atoms with Gasteiger partial charge < -0.3 is 13.9 Å². The van der Waals surface area contributed by atoms with Gasteiger partial charge in [-0.25, -0.2) is 0 Å². The van der Waals surface area contributed by atoms with Gasteiger partial charge in [-0.3, -0.25) is 4.79 Å². The van der Waals surface area contributed by atoms with Crippen molar-refractivity contribution in [3.63, 3.8) is 0 Å². The molecule has 5 heteroatoms. The Morgan fingerprint density at radius 1 is 0.964 bits per heavy atom. The molecule has 4 nitrogen and oxygen atoms in total. The smallest absolute Gasteiger partial charge is 0.399 e. The highest BCUT2D eigenvalue weighted by molar-refractivity contribution is 6.62. The largest absolute Gasteiger partial charge is 0.494 e. The molecule has 3 aromatic rings. The van der Waals surface area contributed by atoms with Crippen molar-refractivity contribution in [2.75, 3.05) is 0 Å². The van der Waals surface area contributed by atoms with Crippen molar-refractivity contribution in [3.05, 3.63) is 66.4 Å². The summed E-state index contributed by atoms with van der Waals surface area (Å²) in [4.78, 5) is 12.5. The molecule has 1 saturated heterocycles. The highest BCUT2D eigenvalue weighted by atomic mass is 16.7. The summed E-state index contributed by atoms with van der Waals surface area (Å²) >= 11 is 0. The molecule has 1 aliphatic rings. The lowest BCUT2D eigenvalue weighted by Crippen LogP contribution is -2.41. The molecule has 1 fully saturated rings. The van der Waals surface area contributed by atoms with Gasteiger partial charge in [-0.1, -0.05) is 42.5 Å². The molecule has 2 aromatic carbocycles. The van der Waals surface area contributed by atoms with Crippen molar-refractivity contribution in [1.29, 1.82) is 0 Å². The molecule has 0 N–H and O–H groups in total. The molecule has 144 valence electrons. The summed E-state index contributed by atoms with van der Waals surface area (Å²) in [6.07, 6.45) is 2.42. The van der Waals surface area contributed by atoms with Crippen LogP contribution in [0.3, 0.4) is 0 Å². The predicted molar refractivity (Wildman–Crippen MR) is 113 cm³/mol. The summed E-state index contributed by atoms with van der Waals surface area (Å²) < 4.78 is 14.3. The number of fused-ring (bicyclic) bond motifs is 1. The number of aromatic nitrogens is 1. The van der Waals surface area contributed by atoms with E-state index in [4.69, 9.17) is 9.31 Å². The summed E-state index contributed by atoms with van der Waals surface area (Å²) in [5.74, 6) is 0.193. The first-order valence-corrected chi connectivity index (χ1v) is 9.75. The van der Waals surface area contributed by atoms with Gasteiger partial charge in [0.05, 0.1) is 17.7 Å². The number of rotatable bonds is 5. The third-order valence-electron chi connectivity index (χ3n) is 5.91. The second kappa shape index (κ2) is 6.91. The van der Waals surface area contributed by atoms with Crippen molar-refractivity contribution < 1.29 is 14.1 Å². The van der Waals surface area contributed by atoms with Crippen LogP contribution in [0.1, 0.15) is 33.3 Å². The topological polar surface area (TPSA) is 40.5 Å². The van der Waals surface area contributed by atoms with Crippen molar-refractivity contribution in [2.24, 2.45) is 0 Å². The number of carbonyl (C=O) groups is 1. The van der Waals surface area contributed by atoms with E-state index in [1.807, 2.05) is 59.3 Å². The minimum absolute atomic E-state index is 0.193. The van der Waals surface area contributed by atoms with Crippen LogP contribution in [0.5, 0.6) is 0 Å². The summed E-state index contributed by atoms with van der Waals surface area (Å²) in [6.45, 7) is 8.59. The average molecular weight is 375 g/mol. The lowest BCUT2D eigenvalue weighted by Gasteiger charge is -2.32. The SMILES string of the molecule is CC1(C)OB(c2ccc3c(ccn3CC(=O)Cc3ccccc3)c2)OC1(C)C. The Hall–Kier alpha value is -2.37. The molecule has 0 atom stereocenters. The fraction of sp³-hybridized carbons (Fsp3) is 0.348. The minimum atomic E-state index is -0.377. The Balaban J connectivity index is 1.52. The zero-order valence-electron chi connectivity index (χ0n) is 16.9. The van der Waals surface area contributed by atoms with Crippen LogP contribution in [0.15, 0.2) is 60.8 Å². The van der Waals surface area contributed by atoms with E-state index >= 15 is 0 Å². The van der Waals surface area contributed by atoms with Gasteiger partial charge in [-0.2, -0.15) is 0 Å². The van der Waals surface area contributed by atoms with Gasteiger partial charge in [0.15, 0.2) is 5.78 Å². The van der Waals surface area contributed by atoms with Crippen LogP contribution >= 0.6 is 0 Å². The van der Waals surface area contributed by atoms with Gasteiger partial charge in [-0.05, 0) is 56.2 Å². The standard InChI is InChI=1S/C23H26BNO3/c1-22(2)23(3,4)28-24(27-22)19-10-11-21-18(15-19)12-13-25(21)16-20(26)14-17-8-6-5-7-9-17/h5-13,15H,14,16H2,1-4H3. The van der Waals surface area contributed by atoms with Crippen molar-refractivity contribution in [1.82, 2.24) is 4.57 Å². The molecule has 0 radical (unpaired) electrons. The van der Waals surface area contributed by atoms with Crippen molar-refractivity contribution >= 4 is 29.3 Å². The number of Topliss-reactive ketones (excluding diaryl/α,β-unsaturated/α-hetero) is 1. The van der Waals surface area contributed by atoms with E-state index in [-0.39, 0.29) is 24.1 Å². The third kappa shape index (κ3) is 3.52. The van der Waals surface area contributed by atoms with E-state index in [1.165, 1.54) is 0 Å². The Bertz CT molecular complexity index is 991. The second-order valence-electron chi connectivity index (χ2n) is 8.55. The predicted octanol–water partition coefficient (Wildman–Crippen LogP) is 3.75. The van der Waals surface area contributed by atoms with Crippen LogP contribution in [0, 0.1) is 0 Å². The Labute approximate surface area is 166 Å². The average Bonchev–Trinajstić information content (AvgIpc) is 3.13. The summed E-state index contributed by atoms with van der Waals surface area (Å²) in [6, 6.07) is 18.1. The zero-order chi connectivity index (χ0) is 19.9. The number of nitrogens with zero attached hydrogens (tertiary/aromatic N) is 1. The normalized spacial score (nSPS) is 17.9. The fourth-order valence-electron chi connectivity index (χ4n) is 3.55. The van der Waals surface area contributed by atoms with E-state index in [2.05, 4.69) is 33.8 Å². The van der Waals surface area contributed by atoms with Crippen molar-refractivity contribution in [2.45, 2.75) is 51.9 Å². The van der Waals surface area contributed by atoms with Crippen LogP contribution in [-0.4, -0.2) is 28.7 Å². The van der Waals surface area contributed by atoms with Gasteiger partial charge >= 0.3 is 7.12 Å². The molecule has 28 heavy (non-hydrogen) atoms. The summed E-state index contributed by atoms with van der Waals surface area (Å²) in [5, 5.41) is 1.08. The van der Waals surface area contributed by atoms with Gasteiger partial charge in [0.1, 0.15) is 0 Å². The quantitative estimate of drug-likeness (QED) is 0.638. The minimum Gasteiger partial charge on any atom is -0.399 e. The van der Waals surface area contributed by atoms with Crippen LogP contribution in [0.25, 0.3) is 10.9 Å². The van der Waals surface area contributed by atoms with E-state index in [0.717, 1.165) is 21.9 Å². The monoisotopic (exact) mass is 375 g/mol. The molecular weight excluding hydrogens is 349 g/mol. The lowest BCUT2D eigenvalue weighted by atomic mass is 9.78. The van der Waals surface area contributed by atoms with Crippen LogP contribution in [0.4, 0.5) is 0 Å². The van der Waals surface area contributed by atoms with Gasteiger partial charge in [0.25, 0.3) is 0 Å². The van der Waals surface area contributed by atoms with Gasteiger partial charge in [0.2, 0.25) is 0 Å². The van der Waals surface area contributed by atoms with E-state index in [9.17, 15) is 4.79 Å². The van der Waals surface area contributed by atoms with E-state index in [0.29, 0.717) is 13.0 Å². The van der Waals surface area contributed by atoms with Gasteiger partial charge in [0, 0.05) is 18.1 Å². The molecule has 2 heterocycles. The van der Waals surface area contributed by atoms with Crippen LogP contribution in [-0.2, 0) is 27.1 Å². The molecule has 0 unspecified atom stereocenters. The maximum Gasteiger partial charge on any atom is 0.494 e. The number of ketones is 1. The van der Waals surface area contributed by atoms with Gasteiger partial charge in [-0.15, -0.1) is 0 Å².